The number of carboxylic acids is 1. The van der Waals surface area contributed by atoms with E-state index in [0.29, 0.717) is 5.89 Å². The minimum absolute atomic E-state index is 0. The summed E-state index contributed by atoms with van der Waals surface area (Å²) in [6.45, 7) is 5.54. The average molecular weight is 208 g/mol. The molecule has 0 saturated carbocycles. The largest absolute Gasteiger partial charge is 1.00 e. The van der Waals surface area contributed by atoms with Crippen molar-refractivity contribution in [2.75, 3.05) is 0 Å². The Morgan fingerprint density at radius 3 is 2.15 bits per heavy atom. The topological polar surface area (TPSA) is 79.0 Å². The summed E-state index contributed by atoms with van der Waals surface area (Å²) in [5.41, 5.74) is -0.333. The molecular formula is C7H9KN2O3. The molecule has 6 heteroatoms. The normalized spacial score (nSPS) is 10.7. The van der Waals surface area contributed by atoms with Gasteiger partial charge in [0.05, 0.1) is 0 Å². The first-order valence-corrected chi connectivity index (χ1v) is 3.46. The van der Waals surface area contributed by atoms with Crippen LogP contribution in [0.25, 0.3) is 0 Å². The number of carbonyl (C=O) groups excluding carboxylic acids is 1. The van der Waals surface area contributed by atoms with Gasteiger partial charge in [0.2, 0.25) is 5.89 Å². The molecule has 0 aliphatic rings. The van der Waals surface area contributed by atoms with Crippen LogP contribution in [0.4, 0.5) is 0 Å². The van der Waals surface area contributed by atoms with Gasteiger partial charge in [-0.15, -0.1) is 10.2 Å². The van der Waals surface area contributed by atoms with Gasteiger partial charge in [0, 0.05) is 5.41 Å². The van der Waals surface area contributed by atoms with Crippen LogP contribution in [0, 0.1) is 0 Å². The third kappa shape index (κ3) is 3.47. The fourth-order valence-corrected chi connectivity index (χ4v) is 0.609. The molecule has 1 heterocycles. The van der Waals surface area contributed by atoms with Gasteiger partial charge in [-0.1, -0.05) is 20.8 Å². The number of hydrogen-bond acceptors (Lipinski definition) is 5. The van der Waals surface area contributed by atoms with Crippen molar-refractivity contribution in [3.63, 3.8) is 0 Å². The molecule has 0 bridgehead atoms. The smallest absolute Gasteiger partial charge is 0.540 e. The number of aromatic nitrogens is 2. The number of aromatic carboxylic acids is 1. The molecule has 0 unspecified atom stereocenters. The quantitative estimate of drug-likeness (QED) is 0.453. The van der Waals surface area contributed by atoms with Crippen molar-refractivity contribution in [1.82, 2.24) is 10.2 Å². The van der Waals surface area contributed by atoms with Crippen molar-refractivity contribution < 1.29 is 65.7 Å². The first-order chi connectivity index (χ1) is 5.41. The molecular weight excluding hydrogens is 199 g/mol. The Balaban J connectivity index is 0.00000144. The molecule has 0 aliphatic carbocycles. The molecule has 0 aliphatic heterocycles. The monoisotopic (exact) mass is 208 g/mol. The van der Waals surface area contributed by atoms with Gasteiger partial charge in [0.15, 0.2) is 0 Å². The van der Waals surface area contributed by atoms with Crippen molar-refractivity contribution >= 4 is 5.97 Å². The summed E-state index contributed by atoms with van der Waals surface area (Å²) in [6, 6.07) is 0. The number of carbonyl (C=O) groups is 1. The minimum atomic E-state index is -1.45. The van der Waals surface area contributed by atoms with Gasteiger partial charge in [0.1, 0.15) is 5.97 Å². The molecule has 0 aromatic carbocycles. The maximum Gasteiger partial charge on any atom is 1.00 e. The Kier molecular flexibility index (Phi) is 4.74. The van der Waals surface area contributed by atoms with Gasteiger partial charge < -0.3 is 14.3 Å². The van der Waals surface area contributed by atoms with E-state index in [9.17, 15) is 9.90 Å². The van der Waals surface area contributed by atoms with E-state index in [2.05, 4.69) is 10.2 Å². The van der Waals surface area contributed by atoms with Crippen molar-refractivity contribution in [1.29, 1.82) is 0 Å². The third-order valence-corrected chi connectivity index (χ3v) is 1.24. The summed E-state index contributed by atoms with van der Waals surface area (Å²) >= 11 is 0. The molecule has 0 atom stereocenters. The summed E-state index contributed by atoms with van der Waals surface area (Å²) in [5, 5.41) is 17.1. The van der Waals surface area contributed by atoms with Crippen LogP contribution in [0.1, 0.15) is 37.3 Å². The van der Waals surface area contributed by atoms with Crippen LogP contribution in [0.5, 0.6) is 0 Å². The van der Waals surface area contributed by atoms with E-state index in [1.54, 1.807) is 0 Å². The molecule has 0 N–H and O–H groups in total. The van der Waals surface area contributed by atoms with E-state index in [1.165, 1.54) is 0 Å². The van der Waals surface area contributed by atoms with Crippen LogP contribution in [0.15, 0.2) is 4.42 Å². The van der Waals surface area contributed by atoms with E-state index in [4.69, 9.17) is 4.42 Å². The maximum absolute atomic E-state index is 10.2. The zero-order chi connectivity index (χ0) is 9.35. The fourth-order valence-electron chi connectivity index (χ4n) is 0.609. The minimum Gasteiger partial charge on any atom is -0.540 e. The van der Waals surface area contributed by atoms with E-state index < -0.39 is 11.9 Å². The number of nitrogens with zero attached hydrogens (tertiary/aromatic N) is 2. The van der Waals surface area contributed by atoms with E-state index in [-0.39, 0.29) is 56.8 Å². The Morgan fingerprint density at radius 2 is 1.92 bits per heavy atom. The Morgan fingerprint density at radius 1 is 1.38 bits per heavy atom. The summed E-state index contributed by atoms with van der Waals surface area (Å²) in [4.78, 5) is 10.2. The Hall–Kier alpha value is 0.246. The average Bonchev–Trinajstić information content (AvgIpc) is 2.30. The Bertz CT molecular complexity index is 303. The summed E-state index contributed by atoms with van der Waals surface area (Å²) < 4.78 is 4.83. The van der Waals surface area contributed by atoms with E-state index >= 15 is 0 Å². The van der Waals surface area contributed by atoms with Gasteiger partial charge >= 0.3 is 51.4 Å². The number of rotatable bonds is 1. The molecule has 1 aromatic rings. The molecule has 0 spiro atoms. The van der Waals surface area contributed by atoms with Crippen LogP contribution in [-0.4, -0.2) is 16.2 Å². The zero-order valence-corrected chi connectivity index (χ0v) is 11.2. The first-order valence-electron chi connectivity index (χ1n) is 3.46. The maximum atomic E-state index is 10.2. The van der Waals surface area contributed by atoms with Crippen molar-refractivity contribution in [2.24, 2.45) is 0 Å². The molecule has 13 heavy (non-hydrogen) atoms. The second kappa shape index (κ2) is 4.65. The summed E-state index contributed by atoms with van der Waals surface area (Å²) in [7, 11) is 0. The van der Waals surface area contributed by atoms with Crippen LogP contribution >= 0.6 is 0 Å². The van der Waals surface area contributed by atoms with Crippen LogP contribution in [0.3, 0.4) is 0 Å². The third-order valence-electron chi connectivity index (χ3n) is 1.24. The molecule has 0 radical (unpaired) electrons. The molecule has 0 amide bonds. The van der Waals surface area contributed by atoms with Gasteiger partial charge in [-0.25, -0.2) is 0 Å². The fraction of sp³-hybridized carbons (Fsp3) is 0.571. The summed E-state index contributed by atoms with van der Waals surface area (Å²) in [5.74, 6) is -1.63. The van der Waals surface area contributed by atoms with Crippen LogP contribution < -0.4 is 56.5 Å². The number of hydrogen-bond donors (Lipinski definition) is 0. The number of carboxylic acid groups (broad SMARTS) is 1. The van der Waals surface area contributed by atoms with Crippen LogP contribution in [0.2, 0.25) is 0 Å². The zero-order valence-electron chi connectivity index (χ0n) is 8.12. The second-order valence-corrected chi connectivity index (χ2v) is 3.45. The predicted octanol–water partition coefficient (Wildman–Crippen LogP) is -3.27. The second-order valence-electron chi connectivity index (χ2n) is 3.45. The van der Waals surface area contributed by atoms with Crippen molar-refractivity contribution in [3.8, 4) is 0 Å². The standard InChI is InChI=1S/C7H10N2O3.K/c1-7(2,3)6-9-8-4(12-6)5(10)11;/h1-3H3,(H,10,11);/q;+1/p-1. The van der Waals surface area contributed by atoms with Crippen molar-refractivity contribution in [2.45, 2.75) is 26.2 Å². The molecule has 0 fully saturated rings. The van der Waals surface area contributed by atoms with Gasteiger partial charge in [-0.2, -0.15) is 0 Å². The van der Waals surface area contributed by atoms with Gasteiger partial charge in [-0.3, -0.25) is 0 Å². The van der Waals surface area contributed by atoms with E-state index in [0.717, 1.165) is 0 Å². The molecule has 0 saturated heterocycles. The van der Waals surface area contributed by atoms with Gasteiger partial charge in [0.25, 0.3) is 5.89 Å². The van der Waals surface area contributed by atoms with Crippen molar-refractivity contribution in [3.05, 3.63) is 11.8 Å². The van der Waals surface area contributed by atoms with Crippen LogP contribution in [-0.2, 0) is 5.41 Å². The molecule has 1 rings (SSSR count). The molecule has 5 nitrogen and oxygen atoms in total. The predicted molar refractivity (Wildman–Crippen MR) is 37.3 cm³/mol. The molecule has 66 valence electrons. The molecule has 1 aromatic heterocycles. The SMILES string of the molecule is CC(C)(C)c1nnc(C(=O)[O-])o1.[K+]. The van der Waals surface area contributed by atoms with Gasteiger partial charge in [-0.05, 0) is 0 Å². The summed E-state index contributed by atoms with van der Waals surface area (Å²) in [6.07, 6.45) is 0. The van der Waals surface area contributed by atoms with E-state index in [1.807, 2.05) is 20.8 Å². The first kappa shape index (κ1) is 13.2. The Labute approximate surface area is 118 Å².